The van der Waals surface area contributed by atoms with E-state index in [0.29, 0.717) is 13.0 Å². The molecule has 1 aromatic carbocycles. The minimum absolute atomic E-state index is 0. The Balaban J connectivity index is 0.00000272. The fourth-order valence-corrected chi connectivity index (χ4v) is 4.25. The number of hydrogen-bond acceptors (Lipinski definition) is 4. The van der Waals surface area contributed by atoms with E-state index in [9.17, 15) is 4.79 Å². The van der Waals surface area contributed by atoms with Crippen LogP contribution in [0.5, 0.6) is 0 Å². The van der Waals surface area contributed by atoms with Crippen LogP contribution < -0.4 is 16.0 Å². The van der Waals surface area contributed by atoms with E-state index in [1.165, 1.54) is 16.7 Å². The number of benzene rings is 1. The summed E-state index contributed by atoms with van der Waals surface area (Å²) in [5.74, 6) is 0.0453. The van der Waals surface area contributed by atoms with E-state index in [0.717, 1.165) is 47.8 Å². The number of anilines is 2. The van der Waals surface area contributed by atoms with E-state index in [1.807, 2.05) is 19.2 Å². The van der Waals surface area contributed by atoms with Crippen molar-refractivity contribution in [2.24, 2.45) is 0 Å². The summed E-state index contributed by atoms with van der Waals surface area (Å²) in [6, 6.07) is 8.64. The number of nitrogens with zero attached hydrogens (tertiary/aromatic N) is 2. The van der Waals surface area contributed by atoms with Gasteiger partial charge in [0.1, 0.15) is 0 Å². The van der Waals surface area contributed by atoms with Crippen LogP contribution in [-0.4, -0.2) is 27.9 Å². The molecule has 1 amide bonds. The van der Waals surface area contributed by atoms with Crippen LogP contribution in [-0.2, 0) is 11.3 Å². The number of rotatable bonds is 6. The lowest BCUT2D eigenvalue weighted by atomic mass is 10.0. The lowest BCUT2D eigenvalue weighted by Gasteiger charge is -2.15. The summed E-state index contributed by atoms with van der Waals surface area (Å²) >= 11 is 0. The Bertz CT molecular complexity index is 1070. The van der Waals surface area contributed by atoms with Gasteiger partial charge in [0.05, 0.1) is 17.1 Å². The molecule has 4 rings (SSSR count). The number of amides is 1. The minimum Gasteiger partial charge on any atom is -0.378 e. The third-order valence-electron chi connectivity index (χ3n) is 6.17. The fourth-order valence-electron chi connectivity index (χ4n) is 4.25. The number of carbonyl (C=O) groups excluding carboxylic acids is 1. The Labute approximate surface area is 190 Å². The molecule has 166 valence electrons. The van der Waals surface area contributed by atoms with Crippen molar-refractivity contribution in [3.8, 4) is 0 Å². The SMILES string of the molecule is Cc1cccc(C)c1CNc1cc(NC(=O)C[C@H]2CCCN2)cn2c(C)c(C)nc12.Cl. The molecule has 6 nitrogen and oxygen atoms in total. The van der Waals surface area contributed by atoms with Crippen LogP contribution in [0.15, 0.2) is 30.5 Å². The van der Waals surface area contributed by atoms with Gasteiger partial charge < -0.3 is 20.4 Å². The third-order valence-corrected chi connectivity index (χ3v) is 6.17. The number of imidazole rings is 1. The first kappa shape index (κ1) is 23.1. The molecular formula is C24H32ClN5O. The molecule has 1 fully saturated rings. The van der Waals surface area contributed by atoms with E-state index in [2.05, 4.69) is 59.3 Å². The smallest absolute Gasteiger partial charge is 0.225 e. The number of pyridine rings is 1. The Morgan fingerprint density at radius 3 is 2.65 bits per heavy atom. The Morgan fingerprint density at radius 2 is 1.97 bits per heavy atom. The maximum atomic E-state index is 12.6. The maximum Gasteiger partial charge on any atom is 0.225 e. The van der Waals surface area contributed by atoms with Gasteiger partial charge in [-0.1, -0.05) is 18.2 Å². The van der Waals surface area contributed by atoms with Crippen molar-refractivity contribution in [3.63, 3.8) is 0 Å². The van der Waals surface area contributed by atoms with Gasteiger partial charge in [0.25, 0.3) is 0 Å². The zero-order valence-electron chi connectivity index (χ0n) is 18.7. The van der Waals surface area contributed by atoms with Crippen LogP contribution in [0, 0.1) is 27.7 Å². The lowest BCUT2D eigenvalue weighted by molar-refractivity contribution is -0.116. The molecule has 0 spiro atoms. The molecule has 0 bridgehead atoms. The molecule has 0 aliphatic carbocycles. The Hall–Kier alpha value is -2.57. The van der Waals surface area contributed by atoms with Gasteiger partial charge in [-0.05, 0) is 69.8 Å². The first-order valence-electron chi connectivity index (χ1n) is 10.7. The van der Waals surface area contributed by atoms with Crippen molar-refractivity contribution in [1.82, 2.24) is 14.7 Å². The molecule has 3 heterocycles. The molecule has 0 saturated carbocycles. The zero-order valence-corrected chi connectivity index (χ0v) is 19.5. The van der Waals surface area contributed by atoms with Crippen molar-refractivity contribution in [1.29, 1.82) is 0 Å². The normalized spacial score (nSPS) is 15.7. The highest BCUT2D eigenvalue weighted by atomic mass is 35.5. The summed E-state index contributed by atoms with van der Waals surface area (Å²) in [7, 11) is 0. The summed E-state index contributed by atoms with van der Waals surface area (Å²) in [4.78, 5) is 17.3. The lowest BCUT2D eigenvalue weighted by Crippen LogP contribution is -2.27. The van der Waals surface area contributed by atoms with Gasteiger partial charge >= 0.3 is 0 Å². The standard InChI is InChI=1S/C24H31N5O.ClH/c1-15-7-5-8-16(2)21(15)13-26-22-11-20(14-29-18(4)17(3)27-24(22)29)28-23(30)12-19-9-6-10-25-19;/h5,7-8,11,14,19,25-26H,6,9-10,12-13H2,1-4H3,(H,28,30);1H/t19-;/m1./s1. The molecule has 3 aromatic rings. The number of nitrogens with one attached hydrogen (secondary N) is 3. The van der Waals surface area contributed by atoms with E-state index in [-0.39, 0.29) is 24.4 Å². The average Bonchev–Trinajstić information content (AvgIpc) is 3.30. The van der Waals surface area contributed by atoms with Crippen molar-refractivity contribution in [2.75, 3.05) is 17.2 Å². The van der Waals surface area contributed by atoms with E-state index >= 15 is 0 Å². The van der Waals surface area contributed by atoms with Crippen LogP contribution in [0.2, 0.25) is 0 Å². The van der Waals surface area contributed by atoms with Crippen LogP contribution in [0.3, 0.4) is 0 Å². The Kier molecular flexibility index (Phi) is 7.23. The van der Waals surface area contributed by atoms with Crippen molar-refractivity contribution in [2.45, 2.75) is 59.5 Å². The molecule has 2 aromatic heterocycles. The van der Waals surface area contributed by atoms with Gasteiger partial charge in [-0.15, -0.1) is 12.4 Å². The summed E-state index contributed by atoms with van der Waals surface area (Å²) in [5, 5.41) is 10.0. The van der Waals surface area contributed by atoms with Crippen LogP contribution >= 0.6 is 12.4 Å². The zero-order chi connectivity index (χ0) is 21.3. The second-order valence-electron chi connectivity index (χ2n) is 8.39. The molecule has 0 unspecified atom stereocenters. The highest BCUT2D eigenvalue weighted by Crippen LogP contribution is 2.26. The van der Waals surface area contributed by atoms with Gasteiger partial charge in [-0.25, -0.2) is 4.98 Å². The molecule has 1 atom stereocenters. The first-order valence-corrected chi connectivity index (χ1v) is 10.7. The number of fused-ring (bicyclic) bond motifs is 1. The molecule has 3 N–H and O–H groups in total. The summed E-state index contributed by atoms with van der Waals surface area (Å²) in [6.45, 7) is 10.1. The number of aryl methyl sites for hydroxylation is 4. The molecule has 0 radical (unpaired) electrons. The summed E-state index contributed by atoms with van der Waals surface area (Å²) in [5.41, 5.74) is 8.48. The highest BCUT2D eigenvalue weighted by molar-refractivity contribution is 5.92. The van der Waals surface area contributed by atoms with Crippen LogP contribution in [0.4, 0.5) is 11.4 Å². The number of carbonyl (C=O) groups is 1. The van der Waals surface area contributed by atoms with Gasteiger partial charge in [-0.3, -0.25) is 4.79 Å². The predicted molar refractivity (Wildman–Crippen MR) is 129 cm³/mol. The quantitative estimate of drug-likeness (QED) is 0.519. The second-order valence-corrected chi connectivity index (χ2v) is 8.39. The maximum absolute atomic E-state index is 12.6. The largest absolute Gasteiger partial charge is 0.378 e. The van der Waals surface area contributed by atoms with E-state index < -0.39 is 0 Å². The summed E-state index contributed by atoms with van der Waals surface area (Å²) in [6.07, 6.45) is 4.68. The van der Waals surface area contributed by atoms with E-state index in [1.54, 1.807) is 0 Å². The first-order chi connectivity index (χ1) is 14.4. The number of halogens is 1. The van der Waals surface area contributed by atoms with Gasteiger partial charge in [0.2, 0.25) is 5.91 Å². The fraction of sp³-hybridized carbons (Fsp3) is 0.417. The van der Waals surface area contributed by atoms with Gasteiger partial charge in [-0.2, -0.15) is 0 Å². The third kappa shape index (κ3) is 5.02. The predicted octanol–water partition coefficient (Wildman–Crippen LogP) is 4.68. The van der Waals surface area contributed by atoms with E-state index in [4.69, 9.17) is 4.98 Å². The monoisotopic (exact) mass is 441 g/mol. The molecule has 31 heavy (non-hydrogen) atoms. The molecule has 7 heteroatoms. The van der Waals surface area contributed by atoms with Crippen molar-refractivity contribution < 1.29 is 4.79 Å². The molecule has 1 aliphatic heterocycles. The summed E-state index contributed by atoms with van der Waals surface area (Å²) < 4.78 is 2.06. The second kappa shape index (κ2) is 9.71. The molecular weight excluding hydrogens is 410 g/mol. The van der Waals surface area contributed by atoms with Crippen molar-refractivity contribution in [3.05, 3.63) is 58.5 Å². The highest BCUT2D eigenvalue weighted by Gasteiger charge is 2.18. The molecule has 1 aliphatic rings. The van der Waals surface area contributed by atoms with Crippen molar-refractivity contribution >= 4 is 35.3 Å². The topological polar surface area (TPSA) is 70.5 Å². The van der Waals surface area contributed by atoms with Gasteiger partial charge in [0, 0.05) is 30.9 Å². The van der Waals surface area contributed by atoms with Gasteiger partial charge in [0.15, 0.2) is 5.65 Å². The Morgan fingerprint density at radius 1 is 1.23 bits per heavy atom. The minimum atomic E-state index is 0. The van der Waals surface area contributed by atoms with Crippen LogP contribution in [0.1, 0.15) is 47.3 Å². The molecule has 1 saturated heterocycles. The van der Waals surface area contributed by atoms with Crippen LogP contribution in [0.25, 0.3) is 5.65 Å². The number of aromatic nitrogens is 2. The number of hydrogen-bond donors (Lipinski definition) is 3. The average molecular weight is 442 g/mol.